The molecule has 0 aliphatic heterocycles. The first-order valence-corrected chi connectivity index (χ1v) is 5.50. The summed E-state index contributed by atoms with van der Waals surface area (Å²) in [5, 5.41) is 0. The van der Waals surface area contributed by atoms with Gasteiger partial charge < -0.3 is 10.5 Å². The fourth-order valence-corrected chi connectivity index (χ4v) is 1.65. The van der Waals surface area contributed by atoms with E-state index in [2.05, 4.69) is 0 Å². The minimum atomic E-state index is -0.505. The number of nitrogen functional groups attached to an aromatic ring is 1. The Balaban J connectivity index is 2.16. The summed E-state index contributed by atoms with van der Waals surface area (Å²) in [6.07, 6.45) is 0. The number of halogens is 2. The van der Waals surface area contributed by atoms with Gasteiger partial charge in [-0.2, -0.15) is 0 Å². The van der Waals surface area contributed by atoms with Crippen LogP contribution in [0.15, 0.2) is 36.4 Å². The summed E-state index contributed by atoms with van der Waals surface area (Å²) in [6, 6.07) is 8.72. The van der Waals surface area contributed by atoms with Gasteiger partial charge in [0, 0.05) is 0 Å². The van der Waals surface area contributed by atoms with E-state index < -0.39 is 5.82 Å². The highest BCUT2D eigenvalue weighted by Gasteiger charge is 2.08. The molecule has 2 nitrogen and oxygen atoms in total. The van der Waals surface area contributed by atoms with Gasteiger partial charge in [-0.3, -0.25) is 0 Å². The minimum Gasteiger partial charge on any atom is -0.484 e. The molecule has 0 amide bonds. The van der Waals surface area contributed by atoms with Crippen molar-refractivity contribution in [3.8, 4) is 5.75 Å². The predicted molar refractivity (Wildman–Crippen MR) is 66.3 cm³/mol. The molecule has 2 rings (SSSR count). The second kappa shape index (κ2) is 5.04. The van der Waals surface area contributed by atoms with Crippen LogP contribution in [-0.2, 0) is 6.61 Å². The standard InChI is InChI=1S/C14H13F2NO/c1-9-7-11(15)6-5-10(9)8-18-14-12(16)3-2-4-13(14)17/h2-7H,8,17H2,1H3. The van der Waals surface area contributed by atoms with Gasteiger partial charge in [0.2, 0.25) is 0 Å². The zero-order valence-corrected chi connectivity index (χ0v) is 9.91. The largest absolute Gasteiger partial charge is 0.484 e. The quantitative estimate of drug-likeness (QED) is 0.846. The van der Waals surface area contributed by atoms with Crippen molar-refractivity contribution in [1.82, 2.24) is 0 Å². The smallest absolute Gasteiger partial charge is 0.178 e. The molecule has 0 atom stereocenters. The number of rotatable bonds is 3. The van der Waals surface area contributed by atoms with Gasteiger partial charge in [0.15, 0.2) is 11.6 Å². The highest BCUT2D eigenvalue weighted by molar-refractivity contribution is 5.52. The van der Waals surface area contributed by atoms with Crippen LogP contribution in [0.3, 0.4) is 0 Å². The Kier molecular flexibility index (Phi) is 3.46. The lowest BCUT2D eigenvalue weighted by Crippen LogP contribution is -2.02. The van der Waals surface area contributed by atoms with Gasteiger partial charge >= 0.3 is 0 Å². The number of nitrogens with two attached hydrogens (primary N) is 1. The maximum absolute atomic E-state index is 13.5. The summed E-state index contributed by atoms with van der Waals surface area (Å²) in [5.41, 5.74) is 7.41. The molecule has 2 aromatic carbocycles. The molecular weight excluding hydrogens is 236 g/mol. The molecule has 2 aromatic rings. The lowest BCUT2D eigenvalue weighted by atomic mass is 10.1. The van der Waals surface area contributed by atoms with Crippen molar-refractivity contribution in [2.24, 2.45) is 0 Å². The Morgan fingerprint density at radius 1 is 1.17 bits per heavy atom. The van der Waals surface area contributed by atoms with Crippen LogP contribution in [0.4, 0.5) is 14.5 Å². The van der Waals surface area contributed by atoms with Crippen molar-refractivity contribution in [2.75, 3.05) is 5.73 Å². The number of ether oxygens (including phenoxy) is 1. The topological polar surface area (TPSA) is 35.2 Å². The first kappa shape index (κ1) is 12.4. The molecule has 0 aromatic heterocycles. The molecular formula is C14H13F2NO. The van der Waals surface area contributed by atoms with E-state index in [1.165, 1.54) is 24.3 Å². The van der Waals surface area contributed by atoms with Crippen molar-refractivity contribution in [3.63, 3.8) is 0 Å². The summed E-state index contributed by atoms with van der Waals surface area (Å²) in [6.45, 7) is 1.92. The summed E-state index contributed by atoms with van der Waals surface area (Å²) < 4.78 is 31.7. The van der Waals surface area contributed by atoms with E-state index in [9.17, 15) is 8.78 Å². The van der Waals surface area contributed by atoms with Gasteiger partial charge in [0.25, 0.3) is 0 Å². The number of para-hydroxylation sites is 1. The molecule has 0 bridgehead atoms. The summed E-state index contributed by atoms with van der Waals surface area (Å²) in [7, 11) is 0. The summed E-state index contributed by atoms with van der Waals surface area (Å²) in [4.78, 5) is 0. The number of anilines is 1. The van der Waals surface area contributed by atoms with Crippen molar-refractivity contribution in [3.05, 3.63) is 59.2 Å². The van der Waals surface area contributed by atoms with E-state index in [1.54, 1.807) is 19.1 Å². The van der Waals surface area contributed by atoms with Crippen LogP contribution in [0.2, 0.25) is 0 Å². The molecule has 0 fully saturated rings. The maximum atomic E-state index is 13.5. The summed E-state index contributed by atoms with van der Waals surface area (Å²) >= 11 is 0. The molecule has 18 heavy (non-hydrogen) atoms. The lowest BCUT2D eigenvalue weighted by molar-refractivity contribution is 0.291. The van der Waals surface area contributed by atoms with E-state index in [0.717, 1.165) is 11.1 Å². The lowest BCUT2D eigenvalue weighted by Gasteiger charge is -2.11. The van der Waals surface area contributed by atoms with E-state index in [-0.39, 0.29) is 23.9 Å². The second-order valence-electron chi connectivity index (χ2n) is 4.02. The molecule has 0 saturated heterocycles. The van der Waals surface area contributed by atoms with Crippen LogP contribution in [0.5, 0.6) is 5.75 Å². The first-order chi connectivity index (χ1) is 8.58. The van der Waals surface area contributed by atoms with E-state index in [1.807, 2.05) is 0 Å². The van der Waals surface area contributed by atoms with Gasteiger partial charge in [0.1, 0.15) is 12.4 Å². The van der Waals surface area contributed by atoms with Crippen molar-refractivity contribution in [2.45, 2.75) is 13.5 Å². The van der Waals surface area contributed by atoms with Gasteiger partial charge in [0.05, 0.1) is 5.69 Å². The van der Waals surface area contributed by atoms with E-state index >= 15 is 0 Å². The fourth-order valence-electron chi connectivity index (χ4n) is 1.65. The van der Waals surface area contributed by atoms with Gasteiger partial charge in [-0.25, -0.2) is 8.78 Å². The van der Waals surface area contributed by atoms with Crippen molar-refractivity contribution >= 4 is 5.69 Å². The normalized spacial score (nSPS) is 10.4. The predicted octanol–water partition coefficient (Wildman–Crippen LogP) is 3.43. The van der Waals surface area contributed by atoms with Crippen LogP contribution in [0.25, 0.3) is 0 Å². The number of hydrogen-bond acceptors (Lipinski definition) is 2. The maximum Gasteiger partial charge on any atom is 0.178 e. The van der Waals surface area contributed by atoms with Crippen LogP contribution in [-0.4, -0.2) is 0 Å². The Labute approximate surface area is 104 Å². The third kappa shape index (κ3) is 2.59. The molecule has 2 N–H and O–H groups in total. The Morgan fingerprint density at radius 3 is 2.61 bits per heavy atom. The number of benzene rings is 2. The highest BCUT2D eigenvalue weighted by Crippen LogP contribution is 2.26. The van der Waals surface area contributed by atoms with E-state index in [4.69, 9.17) is 10.5 Å². The molecule has 4 heteroatoms. The van der Waals surface area contributed by atoms with Crippen LogP contribution < -0.4 is 10.5 Å². The average Bonchev–Trinajstić information content (AvgIpc) is 2.31. The highest BCUT2D eigenvalue weighted by atomic mass is 19.1. The second-order valence-corrected chi connectivity index (χ2v) is 4.02. The van der Waals surface area contributed by atoms with Crippen molar-refractivity contribution in [1.29, 1.82) is 0 Å². The zero-order valence-electron chi connectivity index (χ0n) is 9.91. The SMILES string of the molecule is Cc1cc(F)ccc1COc1c(N)cccc1F. The molecule has 0 spiro atoms. The van der Waals surface area contributed by atoms with Crippen LogP contribution in [0, 0.1) is 18.6 Å². The number of aryl methyl sites for hydroxylation is 1. The zero-order chi connectivity index (χ0) is 13.1. The van der Waals surface area contributed by atoms with Crippen LogP contribution in [0.1, 0.15) is 11.1 Å². The minimum absolute atomic E-state index is 0.0289. The van der Waals surface area contributed by atoms with Gasteiger partial charge in [-0.1, -0.05) is 12.1 Å². The molecule has 0 unspecified atom stereocenters. The summed E-state index contributed by atoms with van der Waals surface area (Å²) in [5.74, 6) is -0.780. The molecule has 0 aliphatic rings. The van der Waals surface area contributed by atoms with Gasteiger partial charge in [-0.15, -0.1) is 0 Å². The average molecular weight is 249 g/mol. The molecule has 0 radical (unpaired) electrons. The molecule has 0 saturated carbocycles. The Bertz CT molecular complexity index is 549. The molecule has 0 aliphatic carbocycles. The Hall–Kier alpha value is -2.10. The number of hydrogen-bond donors (Lipinski definition) is 1. The third-order valence-corrected chi connectivity index (χ3v) is 2.67. The molecule has 0 heterocycles. The fraction of sp³-hybridized carbons (Fsp3) is 0.143. The molecule has 94 valence electrons. The van der Waals surface area contributed by atoms with Gasteiger partial charge in [-0.05, 0) is 42.3 Å². The van der Waals surface area contributed by atoms with E-state index in [0.29, 0.717) is 0 Å². The first-order valence-electron chi connectivity index (χ1n) is 5.50. The monoisotopic (exact) mass is 249 g/mol. The van der Waals surface area contributed by atoms with Crippen molar-refractivity contribution < 1.29 is 13.5 Å². The van der Waals surface area contributed by atoms with Crippen LogP contribution >= 0.6 is 0 Å². The third-order valence-electron chi connectivity index (χ3n) is 2.67. The Morgan fingerprint density at radius 2 is 1.94 bits per heavy atom.